The molecule has 0 aliphatic carbocycles. The van der Waals surface area contributed by atoms with Gasteiger partial charge in [0.25, 0.3) is 0 Å². The van der Waals surface area contributed by atoms with E-state index >= 15 is 0 Å². The quantitative estimate of drug-likeness (QED) is 0.0839. The van der Waals surface area contributed by atoms with Crippen molar-refractivity contribution in [3.63, 3.8) is 0 Å². The molecule has 0 unspecified atom stereocenters. The molecule has 12 rings (SSSR count). The Balaban J connectivity index is 0.000000147. The molecule has 2 N–H and O–H groups in total. The van der Waals surface area contributed by atoms with Crippen LogP contribution >= 0.6 is 0 Å². The molecular weight excluding hydrogens is 1190 g/mol. The number of nitrogens with zero attached hydrogens (tertiary/aromatic N) is 6. The number of halogens is 3. The molecule has 89 heavy (non-hydrogen) atoms. The van der Waals surface area contributed by atoms with E-state index < -0.39 is 38.3 Å². The van der Waals surface area contributed by atoms with Crippen LogP contribution in [0.1, 0.15) is 61.9 Å². The lowest BCUT2D eigenvalue weighted by atomic mass is 9.92. The minimum Gasteiger partial charge on any atom is -0.475 e. The Labute approximate surface area is 510 Å². The molecule has 27 heteroatoms. The van der Waals surface area contributed by atoms with Gasteiger partial charge in [0.05, 0.1) is 82.1 Å². The van der Waals surface area contributed by atoms with E-state index in [9.17, 15) is 46.2 Å². The summed E-state index contributed by atoms with van der Waals surface area (Å²) < 4.78 is 119. The Morgan fingerprint density at radius 3 is 1.39 bits per heavy atom. The molecule has 23 nitrogen and oxygen atoms in total. The van der Waals surface area contributed by atoms with Crippen LogP contribution in [0.3, 0.4) is 0 Å². The maximum Gasteiger partial charge on any atom is 0.534 e. The average molecular weight is 1260 g/mol. The minimum atomic E-state index is -5.78. The van der Waals surface area contributed by atoms with E-state index in [4.69, 9.17) is 42.6 Å². The Kier molecular flexibility index (Phi) is 20.1. The van der Waals surface area contributed by atoms with Gasteiger partial charge in [-0.25, -0.2) is 14.4 Å². The molecule has 0 saturated carbocycles. The van der Waals surface area contributed by atoms with Crippen LogP contribution in [0.25, 0.3) is 33.8 Å². The highest BCUT2D eigenvalue weighted by atomic mass is 32.2. The summed E-state index contributed by atoms with van der Waals surface area (Å²) in [6.07, 6.45) is 2.71. The number of alkyl halides is 3. The maximum atomic E-state index is 12.6. The Morgan fingerprint density at radius 1 is 0.573 bits per heavy atom. The standard InChI is InChI=1S/C22H28N2O5.C22H24N2O5.C18H17F3N2O7S/c2*1-22(2,26)7-5-15-3-4-18-16(11-15)6-8-24-19(18)12-20(23-21(24)25)29-14-17-13-27-9-10-28-17;19-18(20,21)31(25,26)30-12-1-2-14-11(7-12)3-4-23-15(14)8-16(22-17(23)24)29-10-13-9-27-5-6-28-13/h3-4,11-12,17,26H,5-10,13-14H2,1-2H3;3-4,11-12,17,26H,6,8-10,13-14H2,1-2H3;1-2,7-8,13H,3-6,9-10H2/t2*17-;13-/m000/s1. The fraction of sp³-hybridized carbons (Fsp3) is 0.484. The normalized spacial score (nSPS) is 18.6. The monoisotopic (exact) mass is 1260 g/mol. The summed E-state index contributed by atoms with van der Waals surface area (Å²) in [5, 5.41) is 19.8. The second-order valence-electron chi connectivity index (χ2n) is 22.9. The first-order valence-electron chi connectivity index (χ1n) is 29.1. The zero-order valence-electron chi connectivity index (χ0n) is 49.5. The molecule has 0 amide bonds. The van der Waals surface area contributed by atoms with E-state index in [-0.39, 0.29) is 67.6 Å². The van der Waals surface area contributed by atoms with Gasteiger partial charge in [-0.05, 0) is 112 Å². The molecule has 6 aliphatic rings. The van der Waals surface area contributed by atoms with Gasteiger partial charge >= 0.3 is 32.7 Å². The number of benzene rings is 3. The molecule has 0 spiro atoms. The van der Waals surface area contributed by atoms with Crippen LogP contribution in [-0.4, -0.2) is 162 Å². The number of aryl methyl sites for hydroxylation is 4. The van der Waals surface area contributed by atoms with Crippen molar-refractivity contribution in [2.75, 3.05) is 79.3 Å². The molecule has 476 valence electrons. The first-order valence-corrected chi connectivity index (χ1v) is 30.5. The topological polar surface area (TPSA) is 272 Å². The smallest absolute Gasteiger partial charge is 0.475 e. The second-order valence-corrected chi connectivity index (χ2v) is 24.5. The fourth-order valence-corrected chi connectivity index (χ4v) is 10.9. The predicted octanol–water partition coefficient (Wildman–Crippen LogP) is 4.84. The van der Waals surface area contributed by atoms with E-state index in [0.29, 0.717) is 108 Å². The lowest BCUT2D eigenvalue weighted by molar-refractivity contribution is -0.102. The van der Waals surface area contributed by atoms with Gasteiger partial charge in [0.2, 0.25) is 17.6 Å². The molecule has 3 atom stereocenters. The van der Waals surface area contributed by atoms with E-state index in [2.05, 4.69) is 49.2 Å². The number of hydrogen-bond acceptors (Lipinski definition) is 20. The van der Waals surface area contributed by atoms with E-state index in [1.54, 1.807) is 29.0 Å². The van der Waals surface area contributed by atoms with Crippen LogP contribution in [0.5, 0.6) is 23.4 Å². The summed E-state index contributed by atoms with van der Waals surface area (Å²) in [6.45, 7) is 13.6. The molecule has 6 aliphatic heterocycles. The number of aromatic nitrogens is 6. The van der Waals surface area contributed by atoms with Crippen molar-refractivity contribution in [2.45, 2.75) is 114 Å². The molecule has 3 aromatic heterocycles. The Morgan fingerprint density at radius 2 is 0.989 bits per heavy atom. The van der Waals surface area contributed by atoms with Crippen LogP contribution in [0, 0.1) is 11.8 Å². The number of hydrogen-bond donors (Lipinski definition) is 2. The van der Waals surface area contributed by atoms with E-state index in [1.165, 1.54) is 33.9 Å². The predicted molar refractivity (Wildman–Crippen MR) is 314 cm³/mol. The lowest BCUT2D eigenvalue weighted by Gasteiger charge is -2.24. The van der Waals surface area contributed by atoms with Crippen LogP contribution < -0.4 is 35.5 Å². The average Bonchev–Trinajstić information content (AvgIpc) is 1.70. The number of ether oxygens (including phenoxy) is 9. The van der Waals surface area contributed by atoms with Crippen molar-refractivity contribution in [1.29, 1.82) is 0 Å². The van der Waals surface area contributed by atoms with Crippen molar-refractivity contribution in [3.05, 3.63) is 132 Å². The van der Waals surface area contributed by atoms with E-state index in [0.717, 1.165) is 59.0 Å². The highest BCUT2D eigenvalue weighted by Crippen LogP contribution is 2.36. The van der Waals surface area contributed by atoms with Crippen molar-refractivity contribution in [2.24, 2.45) is 0 Å². The van der Waals surface area contributed by atoms with Crippen molar-refractivity contribution >= 4 is 10.1 Å². The molecular formula is C62H69F3N6O17S. The lowest BCUT2D eigenvalue weighted by Crippen LogP contribution is -2.34. The zero-order chi connectivity index (χ0) is 63.1. The van der Waals surface area contributed by atoms with Crippen LogP contribution in [0.15, 0.2) is 87.2 Å². The van der Waals surface area contributed by atoms with Gasteiger partial charge in [-0.3, -0.25) is 13.7 Å². The van der Waals surface area contributed by atoms with Crippen molar-refractivity contribution in [1.82, 2.24) is 28.7 Å². The second kappa shape index (κ2) is 27.7. The highest BCUT2D eigenvalue weighted by Gasteiger charge is 2.48. The number of fused-ring (bicyclic) bond motifs is 9. The summed E-state index contributed by atoms with van der Waals surface area (Å²) in [7, 11) is -5.78. The van der Waals surface area contributed by atoms with Gasteiger partial charge in [0.1, 0.15) is 49.5 Å². The van der Waals surface area contributed by atoms with Crippen LogP contribution in [0.4, 0.5) is 13.2 Å². The van der Waals surface area contributed by atoms with Crippen LogP contribution in [-0.2, 0) is 83.9 Å². The summed E-state index contributed by atoms with van der Waals surface area (Å²) in [5.41, 5.74) is 1.04. The SMILES string of the molecule is CC(C)(O)C#Cc1ccc2c(c1)CCn1c-2cc(OC[C@@H]2COCCO2)nc1=O.CC(C)(O)CCc1ccc2c(c1)CCn1c-2cc(OC[C@@H]2COCCO2)nc1=O.O=c1nc(OC[C@@H]2COCCO2)cc2n1CCc1cc(OS(=O)(=O)C(F)(F)F)ccc1-2. The maximum absolute atomic E-state index is 12.6. The van der Waals surface area contributed by atoms with Gasteiger partial charge in [-0.15, -0.1) is 0 Å². The van der Waals surface area contributed by atoms with Gasteiger partial charge in [-0.1, -0.05) is 36.1 Å². The Hall–Kier alpha value is -7.52. The molecule has 0 bridgehead atoms. The third kappa shape index (κ3) is 16.9. The van der Waals surface area contributed by atoms with Gasteiger partial charge in [-0.2, -0.15) is 36.5 Å². The van der Waals surface area contributed by atoms with Gasteiger partial charge in [0.15, 0.2) is 0 Å². The highest BCUT2D eigenvalue weighted by molar-refractivity contribution is 7.88. The number of aliphatic hydroxyl groups is 2. The first kappa shape index (κ1) is 64.5. The Bertz CT molecular complexity index is 3890. The fourth-order valence-electron chi connectivity index (χ4n) is 10.4. The molecule has 6 aromatic rings. The third-order valence-electron chi connectivity index (χ3n) is 14.9. The molecule has 0 radical (unpaired) electrons. The summed E-state index contributed by atoms with van der Waals surface area (Å²) in [5.74, 6) is 6.04. The minimum absolute atomic E-state index is 0.0678. The molecule has 9 heterocycles. The first-order chi connectivity index (χ1) is 42.4. The molecule has 3 aromatic carbocycles. The summed E-state index contributed by atoms with van der Waals surface area (Å²) >= 11 is 0. The third-order valence-corrected chi connectivity index (χ3v) is 15.9. The van der Waals surface area contributed by atoms with Crippen molar-refractivity contribution < 1.29 is 78.6 Å². The number of rotatable bonds is 14. The molecule has 3 saturated heterocycles. The van der Waals surface area contributed by atoms with Gasteiger partial charge < -0.3 is 57.0 Å². The van der Waals surface area contributed by atoms with Gasteiger partial charge in [0, 0.05) is 60.1 Å². The van der Waals surface area contributed by atoms with Crippen molar-refractivity contribution in [3.8, 4) is 69.0 Å². The zero-order valence-corrected chi connectivity index (χ0v) is 50.4. The molecule has 3 fully saturated rings. The van der Waals surface area contributed by atoms with Crippen LogP contribution in [0.2, 0.25) is 0 Å². The largest absolute Gasteiger partial charge is 0.534 e. The summed E-state index contributed by atoms with van der Waals surface area (Å²) in [4.78, 5) is 49.4. The summed E-state index contributed by atoms with van der Waals surface area (Å²) in [6, 6.07) is 21.0. The van der Waals surface area contributed by atoms with E-state index in [1.807, 2.05) is 38.1 Å².